The van der Waals surface area contributed by atoms with Gasteiger partial charge in [-0.05, 0) is 80.9 Å². The number of rotatable bonds is 7. The van der Waals surface area contributed by atoms with Gasteiger partial charge in [0.25, 0.3) is 0 Å². The molecule has 41 heavy (non-hydrogen) atoms. The number of hydrogen-bond acceptors (Lipinski definition) is 9. The standard InChI is InChI=1S/C27H34BrN7O5S/c1-15(31-26(37)40-27(2,3)4)24(36)34-8-5-16(6-9-34)7-10-35-13-30-22(29)21-23(35)33-25(32-21)41-20-12-19-18(11-17(20)28)38-14-39-19/h11-13,15-16,29H,5-10,14H2,1-4H3,(H,31,37)(H,32,33)/t15-/m1/s1. The van der Waals surface area contributed by atoms with Crippen LogP contribution in [0, 0.1) is 11.3 Å². The molecule has 0 spiro atoms. The van der Waals surface area contributed by atoms with Gasteiger partial charge in [0, 0.05) is 29.0 Å². The smallest absolute Gasteiger partial charge is 0.408 e. The van der Waals surface area contributed by atoms with E-state index < -0.39 is 17.7 Å². The van der Waals surface area contributed by atoms with Gasteiger partial charge in [0.1, 0.15) is 17.2 Å². The summed E-state index contributed by atoms with van der Waals surface area (Å²) in [5.41, 5.74) is 0.783. The summed E-state index contributed by atoms with van der Waals surface area (Å²) in [4.78, 5) is 39.9. The molecule has 0 radical (unpaired) electrons. The molecule has 0 saturated carbocycles. The second-order valence-corrected chi connectivity index (χ2v) is 13.1. The van der Waals surface area contributed by atoms with Crippen LogP contribution in [0.2, 0.25) is 0 Å². The SMILES string of the molecule is C[C@@H](NC(=O)OC(C)(C)C)C(=O)N1CCC(CCn2cnc(=N)c3[nH]c(Sc4cc5c(cc4Br)OCO5)nc32)CC1. The number of aromatic nitrogens is 4. The van der Waals surface area contributed by atoms with E-state index in [4.69, 9.17) is 24.6 Å². The molecule has 0 unspecified atom stereocenters. The van der Waals surface area contributed by atoms with Gasteiger partial charge in [-0.15, -0.1) is 0 Å². The highest BCUT2D eigenvalue weighted by molar-refractivity contribution is 9.10. The molecule has 2 aliphatic heterocycles. The van der Waals surface area contributed by atoms with E-state index in [1.807, 2.05) is 21.6 Å². The molecule has 2 aromatic heterocycles. The molecular weight excluding hydrogens is 614 g/mol. The lowest BCUT2D eigenvalue weighted by atomic mass is 9.93. The molecule has 14 heteroatoms. The van der Waals surface area contributed by atoms with Gasteiger partial charge in [-0.2, -0.15) is 0 Å². The van der Waals surface area contributed by atoms with Gasteiger partial charge in [-0.3, -0.25) is 10.2 Å². The molecule has 1 fully saturated rings. The van der Waals surface area contributed by atoms with Crippen LogP contribution in [0.3, 0.4) is 0 Å². The third-order valence-corrected chi connectivity index (χ3v) is 8.80. The highest BCUT2D eigenvalue weighted by Gasteiger charge is 2.28. The van der Waals surface area contributed by atoms with Gasteiger partial charge < -0.3 is 34.0 Å². The van der Waals surface area contributed by atoms with E-state index in [0.29, 0.717) is 53.4 Å². The zero-order valence-corrected chi connectivity index (χ0v) is 25.9. The summed E-state index contributed by atoms with van der Waals surface area (Å²) in [5.74, 6) is 1.72. The number of nitrogens with one attached hydrogen (secondary N) is 3. The second kappa shape index (κ2) is 11.9. The number of carbonyl (C=O) groups is 2. The van der Waals surface area contributed by atoms with E-state index in [1.165, 1.54) is 11.8 Å². The number of hydrogen-bond donors (Lipinski definition) is 3. The Hall–Kier alpha value is -3.26. The van der Waals surface area contributed by atoms with Crippen LogP contribution < -0.4 is 20.3 Å². The second-order valence-electron chi connectivity index (χ2n) is 11.2. The maximum Gasteiger partial charge on any atom is 0.408 e. The van der Waals surface area contributed by atoms with Crippen LogP contribution in [0.1, 0.15) is 47.0 Å². The number of halogens is 1. The summed E-state index contributed by atoms with van der Waals surface area (Å²) in [5, 5.41) is 11.6. The monoisotopic (exact) mass is 647 g/mol. The van der Waals surface area contributed by atoms with Crippen molar-refractivity contribution in [1.29, 1.82) is 5.41 Å². The Labute approximate surface area is 250 Å². The predicted octanol–water partition coefficient (Wildman–Crippen LogP) is 4.42. The Kier molecular flexibility index (Phi) is 8.50. The normalized spacial score (nSPS) is 16.2. The molecule has 220 valence electrons. The first kappa shape index (κ1) is 29.2. The Bertz CT molecular complexity index is 1510. The van der Waals surface area contributed by atoms with Gasteiger partial charge in [-0.1, -0.05) is 11.8 Å². The number of fused-ring (bicyclic) bond motifs is 2. The predicted molar refractivity (Wildman–Crippen MR) is 155 cm³/mol. The molecule has 3 aromatic rings. The van der Waals surface area contributed by atoms with Crippen LogP contribution >= 0.6 is 27.7 Å². The van der Waals surface area contributed by atoms with Crippen molar-refractivity contribution >= 4 is 50.9 Å². The number of amides is 2. The Morgan fingerprint density at radius 2 is 1.98 bits per heavy atom. The number of carbonyl (C=O) groups excluding carboxylic acids is 2. The highest BCUT2D eigenvalue weighted by atomic mass is 79.9. The summed E-state index contributed by atoms with van der Waals surface area (Å²) in [6.07, 6.45) is 3.72. The van der Waals surface area contributed by atoms with Gasteiger partial charge in [0.15, 0.2) is 27.8 Å². The molecule has 4 heterocycles. The summed E-state index contributed by atoms with van der Waals surface area (Å²) in [6.45, 7) is 9.22. The number of piperidine rings is 1. The van der Waals surface area contributed by atoms with Crippen molar-refractivity contribution in [2.45, 2.75) is 75.2 Å². The highest BCUT2D eigenvalue weighted by Crippen LogP contribution is 2.42. The third kappa shape index (κ3) is 6.97. The van der Waals surface area contributed by atoms with Gasteiger partial charge in [0.2, 0.25) is 12.7 Å². The molecule has 0 bridgehead atoms. The molecule has 3 N–H and O–H groups in total. The topological polar surface area (TPSA) is 147 Å². The fourth-order valence-electron chi connectivity index (χ4n) is 4.84. The lowest BCUT2D eigenvalue weighted by Gasteiger charge is -2.34. The average molecular weight is 649 g/mol. The maximum absolute atomic E-state index is 12.9. The van der Waals surface area contributed by atoms with Crippen LogP contribution in [0.25, 0.3) is 11.2 Å². The minimum Gasteiger partial charge on any atom is -0.454 e. The van der Waals surface area contributed by atoms with Crippen molar-refractivity contribution in [3.63, 3.8) is 0 Å². The summed E-state index contributed by atoms with van der Waals surface area (Å²) in [6, 6.07) is 3.14. The lowest BCUT2D eigenvalue weighted by molar-refractivity contribution is -0.134. The Balaban J connectivity index is 1.17. The number of benzene rings is 1. The third-order valence-electron chi connectivity index (χ3n) is 6.94. The number of ether oxygens (including phenoxy) is 3. The molecule has 5 rings (SSSR count). The number of H-pyrrole nitrogens is 1. The average Bonchev–Trinajstić information content (AvgIpc) is 3.54. The van der Waals surface area contributed by atoms with Crippen molar-refractivity contribution in [2.75, 3.05) is 19.9 Å². The van der Waals surface area contributed by atoms with E-state index in [0.717, 1.165) is 28.6 Å². The summed E-state index contributed by atoms with van der Waals surface area (Å²) < 4.78 is 19.1. The van der Waals surface area contributed by atoms with E-state index in [9.17, 15) is 9.59 Å². The number of aryl methyl sites for hydroxylation is 1. The first-order chi connectivity index (χ1) is 19.5. The molecule has 2 amide bonds. The van der Waals surface area contributed by atoms with Gasteiger partial charge >= 0.3 is 6.09 Å². The number of aromatic amines is 1. The zero-order valence-electron chi connectivity index (χ0n) is 23.5. The molecule has 2 aliphatic rings. The number of likely N-dealkylation sites (tertiary alicyclic amines) is 1. The quantitative estimate of drug-likeness (QED) is 0.341. The molecule has 1 saturated heterocycles. The molecular formula is C27H34BrN7O5S. The van der Waals surface area contributed by atoms with Crippen LogP contribution in [0.5, 0.6) is 11.5 Å². The number of nitrogens with zero attached hydrogens (tertiary/aromatic N) is 4. The van der Waals surface area contributed by atoms with E-state index in [-0.39, 0.29) is 18.2 Å². The number of imidazole rings is 1. The largest absolute Gasteiger partial charge is 0.454 e. The summed E-state index contributed by atoms with van der Waals surface area (Å²) in [7, 11) is 0. The Morgan fingerprint density at radius 1 is 1.27 bits per heavy atom. The fourth-order valence-corrected chi connectivity index (χ4v) is 6.22. The first-order valence-corrected chi connectivity index (χ1v) is 15.1. The van der Waals surface area contributed by atoms with Crippen LogP contribution in [-0.2, 0) is 16.1 Å². The van der Waals surface area contributed by atoms with Crippen LogP contribution in [-0.4, -0.2) is 67.9 Å². The van der Waals surface area contributed by atoms with E-state index in [2.05, 4.69) is 31.2 Å². The minimum absolute atomic E-state index is 0.101. The molecule has 1 atom stereocenters. The fraction of sp³-hybridized carbons (Fsp3) is 0.519. The van der Waals surface area contributed by atoms with Crippen molar-refractivity contribution in [1.82, 2.24) is 29.7 Å². The first-order valence-electron chi connectivity index (χ1n) is 13.5. The van der Waals surface area contributed by atoms with Crippen LogP contribution in [0.15, 0.2) is 33.0 Å². The van der Waals surface area contributed by atoms with Crippen molar-refractivity contribution in [2.24, 2.45) is 5.92 Å². The molecule has 12 nitrogen and oxygen atoms in total. The lowest BCUT2D eigenvalue weighted by Crippen LogP contribution is -2.50. The van der Waals surface area contributed by atoms with Gasteiger partial charge in [-0.25, -0.2) is 14.8 Å². The molecule has 1 aromatic carbocycles. The number of alkyl carbamates (subject to hydrolysis) is 1. The van der Waals surface area contributed by atoms with E-state index >= 15 is 0 Å². The molecule has 0 aliphatic carbocycles. The van der Waals surface area contributed by atoms with Crippen molar-refractivity contribution in [3.05, 3.63) is 28.4 Å². The summed E-state index contributed by atoms with van der Waals surface area (Å²) >= 11 is 5.03. The van der Waals surface area contributed by atoms with Crippen LogP contribution in [0.4, 0.5) is 4.79 Å². The van der Waals surface area contributed by atoms with E-state index in [1.54, 1.807) is 34.0 Å². The van der Waals surface area contributed by atoms with Crippen molar-refractivity contribution < 1.29 is 23.8 Å². The zero-order chi connectivity index (χ0) is 29.3. The van der Waals surface area contributed by atoms with Gasteiger partial charge in [0.05, 0.1) is 6.33 Å². The Morgan fingerprint density at radius 3 is 2.68 bits per heavy atom. The maximum atomic E-state index is 12.9. The minimum atomic E-state index is -0.648. The van der Waals surface area contributed by atoms with Crippen molar-refractivity contribution in [3.8, 4) is 11.5 Å².